The van der Waals surface area contributed by atoms with Gasteiger partial charge in [0.2, 0.25) is 0 Å². The second-order valence-electron chi connectivity index (χ2n) is 6.87. The average molecular weight is 528 g/mol. The first-order chi connectivity index (χ1) is 14.7. The molecule has 2 heterocycles. The number of benzene rings is 2. The van der Waals surface area contributed by atoms with E-state index >= 15 is 0 Å². The van der Waals surface area contributed by atoms with Crippen LogP contribution in [0.3, 0.4) is 0 Å². The number of thiocarbonyl (C=S) groups is 1. The molecule has 0 N–H and O–H groups in total. The zero-order valence-electron chi connectivity index (χ0n) is 16.2. The number of rotatable bonds is 3. The topological polar surface area (TPSA) is 25.2 Å². The largest absolute Gasteiger partial charge is 0.318 e. The van der Waals surface area contributed by atoms with Crippen LogP contribution in [0.25, 0.3) is 11.8 Å². The van der Waals surface area contributed by atoms with Gasteiger partial charge in [0.1, 0.15) is 0 Å². The van der Waals surface area contributed by atoms with Crippen molar-refractivity contribution >= 4 is 92.4 Å². The zero-order valence-corrected chi connectivity index (χ0v) is 20.9. The first-order valence-corrected chi connectivity index (χ1v) is 11.8. The van der Waals surface area contributed by atoms with Crippen molar-refractivity contribution in [1.82, 2.24) is 4.57 Å². The molecule has 0 saturated carbocycles. The summed E-state index contributed by atoms with van der Waals surface area (Å²) >= 11 is 31.2. The summed E-state index contributed by atoms with van der Waals surface area (Å²) in [5, 5.41) is 1.83. The van der Waals surface area contributed by atoms with E-state index in [1.165, 1.54) is 16.7 Å². The van der Waals surface area contributed by atoms with Gasteiger partial charge in [-0.15, -0.1) is 0 Å². The van der Waals surface area contributed by atoms with Gasteiger partial charge in [-0.3, -0.25) is 9.69 Å². The lowest BCUT2D eigenvalue weighted by molar-refractivity contribution is -0.113. The van der Waals surface area contributed by atoms with E-state index in [0.717, 1.165) is 22.6 Å². The van der Waals surface area contributed by atoms with Crippen LogP contribution in [-0.2, 0) is 4.79 Å². The van der Waals surface area contributed by atoms with Gasteiger partial charge in [-0.25, -0.2) is 0 Å². The van der Waals surface area contributed by atoms with Gasteiger partial charge in [0.25, 0.3) is 5.91 Å². The molecule has 31 heavy (non-hydrogen) atoms. The van der Waals surface area contributed by atoms with Crippen LogP contribution in [0.1, 0.15) is 17.0 Å². The van der Waals surface area contributed by atoms with Gasteiger partial charge < -0.3 is 4.57 Å². The fourth-order valence-corrected chi connectivity index (χ4v) is 5.50. The van der Waals surface area contributed by atoms with Gasteiger partial charge in [0.15, 0.2) is 4.32 Å². The summed E-state index contributed by atoms with van der Waals surface area (Å²) in [4.78, 5) is 15.1. The van der Waals surface area contributed by atoms with Crippen LogP contribution < -0.4 is 4.90 Å². The van der Waals surface area contributed by atoms with Crippen molar-refractivity contribution in [2.45, 2.75) is 13.8 Å². The third kappa shape index (κ3) is 4.28. The molecular weight excluding hydrogens is 514 g/mol. The van der Waals surface area contributed by atoms with Gasteiger partial charge in [0, 0.05) is 22.1 Å². The lowest BCUT2D eigenvalue weighted by Crippen LogP contribution is -2.27. The Balaban J connectivity index is 1.72. The smallest absolute Gasteiger partial charge is 0.270 e. The van der Waals surface area contributed by atoms with E-state index in [1.807, 2.05) is 38.1 Å². The maximum absolute atomic E-state index is 13.1. The molecule has 4 rings (SSSR count). The van der Waals surface area contributed by atoms with Crippen molar-refractivity contribution < 1.29 is 4.79 Å². The highest BCUT2D eigenvalue weighted by Crippen LogP contribution is 2.40. The number of hydrogen-bond acceptors (Lipinski definition) is 3. The van der Waals surface area contributed by atoms with Crippen LogP contribution >= 0.6 is 70.4 Å². The highest BCUT2D eigenvalue weighted by atomic mass is 35.5. The van der Waals surface area contributed by atoms with Crippen molar-refractivity contribution in [2.75, 3.05) is 4.90 Å². The second-order valence-corrected chi connectivity index (χ2v) is 10.2. The number of hydrogen-bond donors (Lipinski definition) is 0. The molecule has 3 nitrogen and oxygen atoms in total. The van der Waals surface area contributed by atoms with Crippen LogP contribution in [0, 0.1) is 13.8 Å². The fraction of sp³-hybridized carbons (Fsp3) is 0.0909. The highest BCUT2D eigenvalue weighted by Gasteiger charge is 2.34. The monoisotopic (exact) mass is 526 g/mol. The summed E-state index contributed by atoms with van der Waals surface area (Å²) in [6.07, 6.45) is 1.85. The van der Waals surface area contributed by atoms with E-state index < -0.39 is 0 Å². The maximum Gasteiger partial charge on any atom is 0.270 e. The quantitative estimate of drug-likeness (QED) is 0.254. The lowest BCUT2D eigenvalue weighted by Gasteiger charge is -2.16. The molecule has 1 aliphatic heterocycles. The molecule has 0 spiro atoms. The second kappa shape index (κ2) is 8.81. The molecule has 0 bridgehead atoms. The zero-order chi connectivity index (χ0) is 22.4. The molecule has 0 radical (unpaired) electrons. The average Bonchev–Trinajstić information content (AvgIpc) is 3.13. The molecule has 3 aromatic rings. The Morgan fingerprint density at radius 1 is 0.935 bits per heavy atom. The summed E-state index contributed by atoms with van der Waals surface area (Å²) in [7, 11) is 0. The predicted octanol–water partition coefficient (Wildman–Crippen LogP) is 8.11. The van der Waals surface area contributed by atoms with Gasteiger partial charge in [-0.1, -0.05) is 70.4 Å². The standard InChI is InChI=1S/C22H14Cl4N2OS2/c1-11-7-13(12(2)27(11)15-4-5-16(24)17(25)10-15)8-20-21(29)28(22(30)31-20)19-6-3-14(23)9-18(19)26/h3-10H,1-2H3/b20-8+. The van der Waals surface area contributed by atoms with Crippen molar-refractivity contribution in [3.05, 3.63) is 84.4 Å². The molecule has 1 aliphatic rings. The summed E-state index contributed by atoms with van der Waals surface area (Å²) in [5.41, 5.74) is 4.28. The predicted molar refractivity (Wildman–Crippen MR) is 137 cm³/mol. The highest BCUT2D eigenvalue weighted by molar-refractivity contribution is 8.27. The number of amides is 1. The minimum atomic E-state index is -0.224. The Labute approximate surface area is 209 Å². The minimum Gasteiger partial charge on any atom is -0.318 e. The Morgan fingerprint density at radius 3 is 2.35 bits per heavy atom. The van der Waals surface area contributed by atoms with Crippen molar-refractivity contribution in [3.63, 3.8) is 0 Å². The minimum absolute atomic E-state index is 0.224. The number of nitrogens with zero attached hydrogens (tertiary/aromatic N) is 2. The van der Waals surface area contributed by atoms with Crippen LogP contribution in [0.5, 0.6) is 0 Å². The third-order valence-electron chi connectivity index (χ3n) is 4.86. The Kier molecular flexibility index (Phi) is 6.46. The Morgan fingerprint density at radius 2 is 1.68 bits per heavy atom. The number of carbonyl (C=O) groups excluding carboxylic acids is 1. The number of carbonyl (C=O) groups is 1. The SMILES string of the molecule is Cc1cc(/C=C2/SC(=S)N(c3ccc(Cl)cc3Cl)C2=O)c(C)n1-c1ccc(Cl)c(Cl)c1. The van der Waals surface area contributed by atoms with E-state index in [-0.39, 0.29) is 5.91 Å². The summed E-state index contributed by atoms with van der Waals surface area (Å²) in [6.45, 7) is 3.98. The van der Waals surface area contributed by atoms with E-state index in [1.54, 1.807) is 24.3 Å². The maximum atomic E-state index is 13.1. The number of aryl methyl sites for hydroxylation is 1. The first-order valence-electron chi connectivity index (χ1n) is 9.04. The molecule has 1 fully saturated rings. The Hall–Kier alpha value is -1.47. The summed E-state index contributed by atoms with van der Waals surface area (Å²) in [6, 6.07) is 12.4. The molecule has 2 aromatic carbocycles. The van der Waals surface area contributed by atoms with Gasteiger partial charge >= 0.3 is 0 Å². The van der Waals surface area contributed by atoms with Crippen LogP contribution in [0.2, 0.25) is 20.1 Å². The third-order valence-corrected chi connectivity index (χ3v) is 7.44. The number of aromatic nitrogens is 1. The number of halogens is 4. The molecule has 158 valence electrons. The van der Waals surface area contributed by atoms with Crippen molar-refractivity contribution in [1.29, 1.82) is 0 Å². The number of anilines is 1. The van der Waals surface area contributed by atoms with E-state index in [2.05, 4.69) is 4.57 Å². The van der Waals surface area contributed by atoms with Crippen molar-refractivity contribution in [2.24, 2.45) is 0 Å². The van der Waals surface area contributed by atoms with Crippen LogP contribution in [-0.4, -0.2) is 14.8 Å². The van der Waals surface area contributed by atoms with Gasteiger partial charge in [0.05, 0.1) is 25.7 Å². The first kappa shape index (κ1) is 22.7. The summed E-state index contributed by atoms with van der Waals surface area (Å²) in [5.74, 6) is -0.224. The Bertz CT molecular complexity index is 1280. The van der Waals surface area contributed by atoms with E-state index in [9.17, 15) is 4.79 Å². The van der Waals surface area contributed by atoms with Crippen molar-refractivity contribution in [3.8, 4) is 5.69 Å². The molecule has 1 saturated heterocycles. The molecule has 0 unspecified atom stereocenters. The van der Waals surface area contributed by atoms with E-state index in [4.69, 9.17) is 58.6 Å². The van der Waals surface area contributed by atoms with Gasteiger partial charge in [-0.2, -0.15) is 0 Å². The molecule has 1 amide bonds. The number of thioether (sulfide) groups is 1. The van der Waals surface area contributed by atoms with Gasteiger partial charge in [-0.05, 0) is 68.0 Å². The van der Waals surface area contributed by atoms with Crippen LogP contribution in [0.4, 0.5) is 5.69 Å². The normalized spacial score (nSPS) is 15.4. The van der Waals surface area contributed by atoms with E-state index in [0.29, 0.717) is 35.0 Å². The molecule has 0 atom stereocenters. The molecule has 1 aromatic heterocycles. The molecule has 0 aliphatic carbocycles. The lowest BCUT2D eigenvalue weighted by atomic mass is 10.2. The fourth-order valence-electron chi connectivity index (χ4n) is 3.43. The van der Waals surface area contributed by atoms with Crippen LogP contribution in [0.15, 0.2) is 47.4 Å². The molecular formula is C22H14Cl4N2OS2. The summed E-state index contributed by atoms with van der Waals surface area (Å²) < 4.78 is 2.48. The molecule has 9 heteroatoms.